The summed E-state index contributed by atoms with van der Waals surface area (Å²) < 4.78 is 17.4. The Balaban J connectivity index is 1.27. The van der Waals surface area contributed by atoms with E-state index in [1.807, 2.05) is 12.1 Å². The minimum Gasteiger partial charge on any atom is -0.472 e. The molecule has 0 saturated carbocycles. The Labute approximate surface area is 184 Å². The van der Waals surface area contributed by atoms with Gasteiger partial charge < -0.3 is 14.6 Å². The smallest absolute Gasteiger partial charge is 0.239 e. The Morgan fingerprint density at radius 1 is 1.13 bits per heavy atom. The van der Waals surface area contributed by atoms with Gasteiger partial charge in [-0.1, -0.05) is 36.6 Å². The van der Waals surface area contributed by atoms with E-state index in [9.17, 15) is 13.8 Å². The topological polar surface area (TPSA) is 79.6 Å². The molecule has 2 heterocycles. The number of hydrogen-bond acceptors (Lipinski definition) is 4. The van der Waals surface area contributed by atoms with E-state index >= 15 is 0 Å². The van der Waals surface area contributed by atoms with Gasteiger partial charge in [0.2, 0.25) is 11.8 Å². The van der Waals surface area contributed by atoms with Gasteiger partial charge in [0.25, 0.3) is 0 Å². The second-order valence-corrected chi connectivity index (χ2v) is 9.51. The van der Waals surface area contributed by atoms with Crippen LogP contribution in [0.2, 0.25) is 5.02 Å². The number of aryl methyl sites for hydroxylation is 1. The quantitative estimate of drug-likeness (QED) is 0.395. The summed E-state index contributed by atoms with van der Waals surface area (Å²) >= 11 is 5.89. The summed E-state index contributed by atoms with van der Waals surface area (Å²) in [6, 6.07) is 9.68. The van der Waals surface area contributed by atoms with Gasteiger partial charge in [-0.2, -0.15) is 0 Å². The van der Waals surface area contributed by atoms with E-state index < -0.39 is 16.2 Å². The van der Waals surface area contributed by atoms with Crippen LogP contribution in [0.1, 0.15) is 43.2 Å². The first-order valence-corrected chi connectivity index (χ1v) is 12.0. The maximum absolute atomic E-state index is 12.4. The van der Waals surface area contributed by atoms with E-state index in [0.717, 1.165) is 42.7 Å². The molecule has 2 amide bonds. The predicted octanol–water partition coefficient (Wildman–Crippen LogP) is 3.66. The molecular weight excluding hydrogens is 424 g/mol. The van der Waals surface area contributed by atoms with Crippen molar-refractivity contribution in [2.45, 2.75) is 49.7 Å². The molecule has 2 atom stereocenters. The fourth-order valence-electron chi connectivity index (χ4n) is 3.38. The van der Waals surface area contributed by atoms with Crippen molar-refractivity contribution >= 4 is 34.2 Å². The van der Waals surface area contributed by atoms with Gasteiger partial charge in [0.1, 0.15) is 11.9 Å². The van der Waals surface area contributed by atoms with Crippen LogP contribution in [0, 0.1) is 0 Å². The van der Waals surface area contributed by atoms with Gasteiger partial charge in [-0.25, -0.2) is 0 Å². The fraction of sp³-hybridized carbons (Fsp3) is 0.455. The van der Waals surface area contributed by atoms with Crippen LogP contribution in [-0.4, -0.2) is 39.4 Å². The molecule has 1 fully saturated rings. The zero-order valence-corrected chi connectivity index (χ0v) is 18.4. The number of halogens is 1. The van der Waals surface area contributed by atoms with Crippen molar-refractivity contribution in [1.29, 1.82) is 0 Å². The summed E-state index contributed by atoms with van der Waals surface area (Å²) in [6.45, 7) is 0.557. The van der Waals surface area contributed by atoms with Crippen molar-refractivity contribution in [3.63, 3.8) is 0 Å². The fourth-order valence-corrected chi connectivity index (χ4v) is 5.00. The molecule has 30 heavy (non-hydrogen) atoms. The number of amides is 2. The van der Waals surface area contributed by atoms with Gasteiger partial charge in [0.15, 0.2) is 0 Å². The van der Waals surface area contributed by atoms with Crippen molar-refractivity contribution in [2.75, 3.05) is 13.1 Å². The molecule has 0 aliphatic carbocycles. The summed E-state index contributed by atoms with van der Waals surface area (Å²) in [5.41, 5.74) is 2.11. The molecule has 1 aromatic heterocycles. The lowest BCUT2D eigenvalue weighted by molar-refractivity contribution is -0.145. The van der Waals surface area contributed by atoms with Crippen molar-refractivity contribution < 1.29 is 18.2 Å². The van der Waals surface area contributed by atoms with Crippen LogP contribution in [0.15, 0.2) is 47.3 Å². The Morgan fingerprint density at radius 3 is 2.60 bits per heavy atom. The number of unbranched alkanes of at least 4 members (excludes halogenated alkanes) is 3. The molecule has 0 radical (unpaired) electrons. The van der Waals surface area contributed by atoms with Gasteiger partial charge in [-0.3, -0.25) is 13.8 Å². The summed E-state index contributed by atoms with van der Waals surface area (Å²) in [7, 11) is -1.25. The van der Waals surface area contributed by atoms with Crippen molar-refractivity contribution in [1.82, 2.24) is 10.2 Å². The Kier molecular flexibility index (Phi) is 8.51. The number of nitrogens with zero attached hydrogens (tertiary/aromatic N) is 1. The van der Waals surface area contributed by atoms with E-state index in [-0.39, 0.29) is 24.8 Å². The van der Waals surface area contributed by atoms with Crippen LogP contribution in [0.3, 0.4) is 0 Å². The average molecular weight is 451 g/mol. The highest BCUT2D eigenvalue weighted by Gasteiger charge is 2.41. The number of carbonyl (C=O) groups is 2. The highest BCUT2D eigenvalue weighted by molar-refractivity contribution is 7.85. The molecule has 0 bridgehead atoms. The van der Waals surface area contributed by atoms with Crippen LogP contribution in [-0.2, 0) is 32.6 Å². The first-order valence-electron chi connectivity index (χ1n) is 10.2. The monoisotopic (exact) mass is 450 g/mol. The molecule has 2 unspecified atom stereocenters. The number of rotatable bonds is 12. The maximum atomic E-state index is 12.4. The average Bonchev–Trinajstić information content (AvgIpc) is 3.23. The number of hydrogen-bond donors (Lipinski definition) is 1. The van der Waals surface area contributed by atoms with Crippen molar-refractivity contribution in [3.8, 4) is 0 Å². The molecule has 6 nitrogen and oxygen atoms in total. The summed E-state index contributed by atoms with van der Waals surface area (Å²) in [6.07, 6.45) is 8.46. The van der Waals surface area contributed by atoms with Crippen LogP contribution >= 0.6 is 11.6 Å². The summed E-state index contributed by atoms with van der Waals surface area (Å²) in [5, 5.41) is 3.22. The third-order valence-corrected chi connectivity index (χ3v) is 7.05. The van der Waals surface area contributed by atoms with E-state index in [1.54, 1.807) is 12.3 Å². The molecule has 3 rings (SSSR count). The molecule has 1 N–H and O–H groups in total. The van der Waals surface area contributed by atoms with Crippen LogP contribution in [0.4, 0.5) is 0 Å². The third kappa shape index (κ3) is 6.71. The summed E-state index contributed by atoms with van der Waals surface area (Å²) in [4.78, 5) is 25.4. The summed E-state index contributed by atoms with van der Waals surface area (Å²) in [5.74, 6) is -0.00445. The zero-order valence-electron chi connectivity index (χ0n) is 16.8. The normalized spacial score (nSPS) is 16.9. The molecule has 162 valence electrons. The molecule has 1 aliphatic rings. The van der Waals surface area contributed by atoms with Crippen LogP contribution in [0.5, 0.6) is 0 Å². The number of β-lactam (4-membered cyclic amide) rings is 1. The second-order valence-electron chi connectivity index (χ2n) is 7.48. The van der Waals surface area contributed by atoms with E-state index in [0.29, 0.717) is 12.3 Å². The lowest BCUT2D eigenvalue weighted by atomic mass is 10.1. The predicted molar refractivity (Wildman–Crippen MR) is 117 cm³/mol. The first kappa shape index (κ1) is 22.6. The van der Waals surface area contributed by atoms with Gasteiger partial charge >= 0.3 is 0 Å². The van der Waals surface area contributed by atoms with Crippen molar-refractivity contribution in [2.24, 2.45) is 0 Å². The molecule has 2 aromatic rings. The number of likely N-dealkylation sites (tertiary alicyclic amines) is 1. The molecule has 1 aromatic carbocycles. The Hall–Kier alpha value is -2.12. The molecule has 1 saturated heterocycles. The molecule has 0 spiro atoms. The molecule has 1 aliphatic heterocycles. The van der Waals surface area contributed by atoms with E-state index in [4.69, 9.17) is 16.0 Å². The number of nitrogens with one attached hydrogen (secondary N) is 1. The van der Waals surface area contributed by atoms with Gasteiger partial charge in [-0.05, 0) is 43.0 Å². The van der Waals surface area contributed by atoms with E-state index in [1.165, 1.54) is 16.7 Å². The minimum atomic E-state index is -1.25. The largest absolute Gasteiger partial charge is 0.472 e. The van der Waals surface area contributed by atoms with Crippen molar-refractivity contribution in [3.05, 3.63) is 59.0 Å². The number of carbonyl (C=O) groups excluding carboxylic acids is 2. The standard InChI is InChI=1S/C22H27ClN2O4S/c23-19-8-6-17(7-9-19)5-3-1-2-4-11-24-20(26)14-25-21(27)13-22(25)30(28)16-18-10-12-29-15-18/h6-10,12,15,22H,1-5,11,13-14,16H2,(H,24,26). The highest BCUT2D eigenvalue weighted by Crippen LogP contribution is 2.24. The minimum absolute atomic E-state index is 0.0306. The highest BCUT2D eigenvalue weighted by atomic mass is 35.5. The van der Waals surface area contributed by atoms with Gasteiger partial charge in [0, 0.05) is 27.9 Å². The Morgan fingerprint density at radius 2 is 1.90 bits per heavy atom. The third-order valence-electron chi connectivity index (χ3n) is 5.15. The number of benzene rings is 1. The lowest BCUT2D eigenvalue weighted by Crippen LogP contribution is -2.57. The first-order chi connectivity index (χ1) is 14.5. The molecule has 8 heteroatoms. The SMILES string of the molecule is O=C(CN1C(=O)CC1S(=O)Cc1ccoc1)NCCCCCCc1ccc(Cl)cc1. The second kappa shape index (κ2) is 11.3. The van der Waals surface area contributed by atoms with Gasteiger partial charge in [-0.15, -0.1) is 0 Å². The lowest BCUT2D eigenvalue weighted by Gasteiger charge is -2.38. The van der Waals surface area contributed by atoms with Crippen LogP contribution < -0.4 is 5.32 Å². The molecular formula is C22H27ClN2O4S. The maximum Gasteiger partial charge on any atom is 0.239 e. The Bertz CT molecular complexity index is 855. The zero-order chi connectivity index (χ0) is 21.3. The van der Waals surface area contributed by atoms with E-state index in [2.05, 4.69) is 17.4 Å². The van der Waals surface area contributed by atoms with Gasteiger partial charge in [0.05, 0.1) is 24.7 Å². The van der Waals surface area contributed by atoms with Crippen LogP contribution in [0.25, 0.3) is 0 Å². The number of furan rings is 1.